The van der Waals surface area contributed by atoms with Gasteiger partial charge in [0.2, 0.25) is 5.13 Å². The van der Waals surface area contributed by atoms with Crippen molar-refractivity contribution in [2.24, 2.45) is 0 Å². The Morgan fingerprint density at radius 3 is 2.89 bits per heavy atom. The van der Waals surface area contributed by atoms with Gasteiger partial charge in [-0.25, -0.2) is 4.98 Å². The minimum Gasteiger partial charge on any atom is -0.380 e. The van der Waals surface area contributed by atoms with Crippen LogP contribution in [0, 0.1) is 6.92 Å². The van der Waals surface area contributed by atoms with Crippen molar-refractivity contribution in [2.45, 2.75) is 13.5 Å². The smallest absolute Gasteiger partial charge is 0.257 e. The highest BCUT2D eigenvalue weighted by atomic mass is 32.1. The van der Waals surface area contributed by atoms with Gasteiger partial charge in [0.15, 0.2) is 0 Å². The fraction of sp³-hybridized carbons (Fsp3) is 0.250. The van der Waals surface area contributed by atoms with E-state index in [1.165, 1.54) is 11.5 Å². The van der Waals surface area contributed by atoms with Gasteiger partial charge in [-0.2, -0.15) is 4.37 Å². The normalized spacial score (nSPS) is 10.3. The second-order valence-corrected chi connectivity index (χ2v) is 4.44. The van der Waals surface area contributed by atoms with Crippen molar-refractivity contribution in [3.8, 4) is 0 Å². The number of carbonyl (C=O) groups excluding carboxylic acids is 1. The van der Waals surface area contributed by atoms with E-state index in [-0.39, 0.29) is 5.91 Å². The zero-order chi connectivity index (χ0) is 13.0. The van der Waals surface area contributed by atoms with Crippen LogP contribution < -0.4 is 5.32 Å². The van der Waals surface area contributed by atoms with Crippen LogP contribution in [0.2, 0.25) is 0 Å². The van der Waals surface area contributed by atoms with Gasteiger partial charge in [0.25, 0.3) is 5.91 Å². The topological polar surface area (TPSA) is 64.1 Å². The molecule has 18 heavy (non-hydrogen) atoms. The molecule has 0 radical (unpaired) electrons. The lowest BCUT2D eigenvalue weighted by atomic mass is 10.1. The Labute approximate surface area is 109 Å². The zero-order valence-corrected chi connectivity index (χ0v) is 11.0. The first kappa shape index (κ1) is 12.7. The molecule has 1 heterocycles. The summed E-state index contributed by atoms with van der Waals surface area (Å²) in [6.45, 7) is 2.18. The van der Waals surface area contributed by atoms with Crippen LogP contribution in [0.4, 0.5) is 5.13 Å². The van der Waals surface area contributed by atoms with Crippen molar-refractivity contribution in [1.29, 1.82) is 0 Å². The Morgan fingerprint density at radius 1 is 1.44 bits per heavy atom. The summed E-state index contributed by atoms with van der Waals surface area (Å²) in [6.07, 6.45) is 0. The van der Waals surface area contributed by atoms with Gasteiger partial charge in [0.1, 0.15) is 5.82 Å². The van der Waals surface area contributed by atoms with E-state index in [2.05, 4.69) is 14.7 Å². The van der Waals surface area contributed by atoms with Crippen LogP contribution in [0.15, 0.2) is 24.3 Å². The Morgan fingerprint density at radius 2 is 2.22 bits per heavy atom. The van der Waals surface area contributed by atoms with Gasteiger partial charge in [-0.3, -0.25) is 10.1 Å². The van der Waals surface area contributed by atoms with Crippen LogP contribution in [0.25, 0.3) is 0 Å². The van der Waals surface area contributed by atoms with Gasteiger partial charge < -0.3 is 4.74 Å². The van der Waals surface area contributed by atoms with Crippen molar-refractivity contribution in [2.75, 3.05) is 12.4 Å². The summed E-state index contributed by atoms with van der Waals surface area (Å²) in [5.41, 5.74) is 1.44. The van der Waals surface area contributed by atoms with Crippen molar-refractivity contribution < 1.29 is 9.53 Å². The first-order chi connectivity index (χ1) is 8.70. The standard InChI is InChI=1S/C12H13N3O2S/c1-8-13-12(18-15-8)14-11(16)10-6-4-3-5-9(10)7-17-2/h3-6H,7H2,1-2H3,(H,13,14,15,16). The summed E-state index contributed by atoms with van der Waals surface area (Å²) in [4.78, 5) is 16.2. The predicted molar refractivity (Wildman–Crippen MR) is 69.8 cm³/mol. The lowest BCUT2D eigenvalue weighted by Gasteiger charge is -2.07. The minimum atomic E-state index is -0.196. The molecular formula is C12H13N3O2S. The first-order valence-electron chi connectivity index (χ1n) is 5.39. The molecule has 2 aromatic rings. The maximum Gasteiger partial charge on any atom is 0.257 e. The zero-order valence-electron chi connectivity index (χ0n) is 10.1. The van der Waals surface area contributed by atoms with Crippen molar-refractivity contribution in [3.05, 3.63) is 41.2 Å². The molecule has 1 amide bonds. The molecule has 0 aliphatic rings. The number of ether oxygens (including phenoxy) is 1. The van der Waals surface area contributed by atoms with Crippen LogP contribution in [0.1, 0.15) is 21.7 Å². The van der Waals surface area contributed by atoms with E-state index in [1.807, 2.05) is 18.2 Å². The molecule has 0 aliphatic carbocycles. The van der Waals surface area contributed by atoms with Crippen LogP contribution in [0.5, 0.6) is 0 Å². The number of methoxy groups -OCH3 is 1. The third kappa shape index (κ3) is 2.91. The van der Waals surface area contributed by atoms with E-state index < -0.39 is 0 Å². The number of aromatic nitrogens is 2. The quantitative estimate of drug-likeness (QED) is 0.918. The summed E-state index contributed by atoms with van der Waals surface area (Å²) >= 11 is 1.17. The highest BCUT2D eigenvalue weighted by Crippen LogP contribution is 2.15. The molecule has 94 valence electrons. The maximum atomic E-state index is 12.1. The first-order valence-corrected chi connectivity index (χ1v) is 6.16. The number of aryl methyl sites for hydroxylation is 1. The number of hydrogen-bond acceptors (Lipinski definition) is 5. The van der Waals surface area contributed by atoms with E-state index >= 15 is 0 Å². The molecule has 0 unspecified atom stereocenters. The molecule has 0 saturated heterocycles. The molecule has 1 aromatic carbocycles. The second-order valence-electron chi connectivity index (χ2n) is 3.69. The summed E-state index contributed by atoms with van der Waals surface area (Å²) in [5.74, 6) is 0.458. The summed E-state index contributed by atoms with van der Waals surface area (Å²) in [6, 6.07) is 7.32. The third-order valence-corrected chi connectivity index (χ3v) is 3.03. The lowest BCUT2D eigenvalue weighted by Crippen LogP contribution is -2.14. The highest BCUT2D eigenvalue weighted by Gasteiger charge is 2.12. The van der Waals surface area contributed by atoms with Crippen molar-refractivity contribution >= 4 is 22.6 Å². The maximum absolute atomic E-state index is 12.1. The number of nitrogens with one attached hydrogen (secondary N) is 1. The molecule has 0 saturated carbocycles. The fourth-order valence-corrected chi connectivity index (χ4v) is 2.11. The van der Waals surface area contributed by atoms with Crippen LogP contribution in [-0.4, -0.2) is 22.4 Å². The number of anilines is 1. The molecule has 5 nitrogen and oxygen atoms in total. The van der Waals surface area contributed by atoms with E-state index in [0.29, 0.717) is 23.1 Å². The van der Waals surface area contributed by atoms with Crippen LogP contribution in [0.3, 0.4) is 0 Å². The second kappa shape index (κ2) is 5.70. The van der Waals surface area contributed by atoms with Gasteiger partial charge in [-0.1, -0.05) is 18.2 Å². The molecule has 0 aliphatic heterocycles. The van der Waals surface area contributed by atoms with E-state index in [9.17, 15) is 4.79 Å². The van der Waals surface area contributed by atoms with E-state index in [0.717, 1.165) is 5.56 Å². The molecule has 2 rings (SSSR count). The summed E-state index contributed by atoms with van der Waals surface area (Å²) < 4.78 is 9.08. The third-order valence-electron chi connectivity index (χ3n) is 2.31. The Bertz CT molecular complexity index is 554. The van der Waals surface area contributed by atoms with E-state index in [4.69, 9.17) is 4.74 Å². The van der Waals surface area contributed by atoms with Crippen LogP contribution >= 0.6 is 11.5 Å². The highest BCUT2D eigenvalue weighted by molar-refractivity contribution is 7.09. The minimum absolute atomic E-state index is 0.196. The molecule has 0 fully saturated rings. The molecular weight excluding hydrogens is 250 g/mol. The monoisotopic (exact) mass is 263 g/mol. The lowest BCUT2D eigenvalue weighted by molar-refractivity contribution is 0.102. The molecule has 6 heteroatoms. The molecule has 1 aromatic heterocycles. The number of amides is 1. The fourth-order valence-electron chi connectivity index (χ4n) is 1.54. The summed E-state index contributed by atoms with van der Waals surface area (Å²) in [7, 11) is 1.60. The van der Waals surface area contributed by atoms with Gasteiger partial charge in [-0.15, -0.1) is 0 Å². The Balaban J connectivity index is 2.18. The number of rotatable bonds is 4. The van der Waals surface area contributed by atoms with Gasteiger partial charge in [-0.05, 0) is 18.6 Å². The van der Waals surface area contributed by atoms with Gasteiger partial charge >= 0.3 is 0 Å². The number of carbonyl (C=O) groups is 1. The average molecular weight is 263 g/mol. The number of hydrogen-bond donors (Lipinski definition) is 1. The summed E-state index contributed by atoms with van der Waals surface area (Å²) in [5, 5.41) is 3.23. The SMILES string of the molecule is COCc1ccccc1C(=O)Nc1nc(C)ns1. The number of nitrogens with zero attached hydrogens (tertiary/aromatic N) is 2. The molecule has 1 N–H and O–H groups in total. The molecule has 0 atom stereocenters. The van der Waals surface area contributed by atoms with Gasteiger partial charge in [0.05, 0.1) is 6.61 Å². The van der Waals surface area contributed by atoms with Crippen LogP contribution in [-0.2, 0) is 11.3 Å². The largest absolute Gasteiger partial charge is 0.380 e. The van der Waals surface area contributed by atoms with E-state index in [1.54, 1.807) is 20.1 Å². The Hall–Kier alpha value is -1.79. The van der Waals surface area contributed by atoms with Crippen molar-refractivity contribution in [3.63, 3.8) is 0 Å². The Kier molecular flexibility index (Phi) is 4.01. The average Bonchev–Trinajstić information content (AvgIpc) is 2.76. The number of benzene rings is 1. The predicted octanol–water partition coefficient (Wildman–Crippen LogP) is 2.25. The van der Waals surface area contributed by atoms with Crippen molar-refractivity contribution in [1.82, 2.24) is 9.36 Å². The molecule has 0 bridgehead atoms. The molecule has 0 spiro atoms. The van der Waals surface area contributed by atoms with Gasteiger partial charge in [0, 0.05) is 24.2 Å².